The van der Waals surface area contributed by atoms with Crippen LogP contribution in [-0.2, 0) is 4.79 Å². The molecule has 0 spiro atoms. The second-order valence-electron chi connectivity index (χ2n) is 8.27. The number of carbonyl (C=O) groups excluding carboxylic acids is 1. The summed E-state index contributed by atoms with van der Waals surface area (Å²) < 4.78 is 0. The van der Waals surface area contributed by atoms with E-state index in [1.54, 1.807) is 0 Å². The lowest BCUT2D eigenvalue weighted by Crippen LogP contribution is -2.47. The highest BCUT2D eigenvalue weighted by molar-refractivity contribution is 5.78. The molecule has 2 rings (SSSR count). The Morgan fingerprint density at radius 1 is 1.14 bits per heavy atom. The fraction of sp³-hybridized carbons (Fsp3) is 0.944. The van der Waals surface area contributed by atoms with Gasteiger partial charge in [0.15, 0.2) is 0 Å². The third-order valence-electron chi connectivity index (χ3n) is 5.45. The molecule has 0 aromatic rings. The van der Waals surface area contributed by atoms with Crippen molar-refractivity contribution in [1.82, 2.24) is 10.2 Å². The SMILES string of the molecule is CC(C)C(=O)N1CCC(NCC2CCC(C)(C)CC2)CC1. The maximum atomic E-state index is 12.0. The highest BCUT2D eigenvalue weighted by atomic mass is 16.2. The van der Waals surface area contributed by atoms with Crippen LogP contribution in [0.25, 0.3) is 0 Å². The Balaban J connectivity index is 1.64. The summed E-state index contributed by atoms with van der Waals surface area (Å²) >= 11 is 0. The molecule has 0 aromatic carbocycles. The van der Waals surface area contributed by atoms with Crippen molar-refractivity contribution in [3.05, 3.63) is 0 Å². The lowest BCUT2D eigenvalue weighted by Gasteiger charge is -2.37. The van der Waals surface area contributed by atoms with Crippen molar-refractivity contribution in [2.24, 2.45) is 17.3 Å². The van der Waals surface area contributed by atoms with Crippen LogP contribution in [0.2, 0.25) is 0 Å². The summed E-state index contributed by atoms with van der Waals surface area (Å²) in [7, 11) is 0. The van der Waals surface area contributed by atoms with Crippen LogP contribution in [0.4, 0.5) is 0 Å². The Kier molecular flexibility index (Phi) is 5.70. The topological polar surface area (TPSA) is 32.3 Å². The number of piperidine rings is 1. The highest BCUT2D eigenvalue weighted by Gasteiger charge is 2.28. The third kappa shape index (κ3) is 4.98. The van der Waals surface area contributed by atoms with E-state index in [2.05, 4.69) is 19.2 Å². The molecule has 1 saturated carbocycles. The molecule has 1 saturated heterocycles. The monoisotopic (exact) mass is 294 g/mol. The molecule has 0 aromatic heterocycles. The number of nitrogens with zero attached hydrogens (tertiary/aromatic N) is 1. The van der Waals surface area contributed by atoms with E-state index in [1.165, 1.54) is 32.2 Å². The predicted molar refractivity (Wildman–Crippen MR) is 88.2 cm³/mol. The second-order valence-corrected chi connectivity index (χ2v) is 8.27. The Bertz CT molecular complexity index is 333. The lowest BCUT2D eigenvalue weighted by atomic mass is 9.73. The molecular weight excluding hydrogens is 260 g/mol. The summed E-state index contributed by atoms with van der Waals surface area (Å²) in [6.07, 6.45) is 7.75. The van der Waals surface area contributed by atoms with E-state index in [4.69, 9.17) is 0 Å². The van der Waals surface area contributed by atoms with Crippen molar-refractivity contribution in [3.63, 3.8) is 0 Å². The van der Waals surface area contributed by atoms with E-state index in [0.29, 0.717) is 17.4 Å². The summed E-state index contributed by atoms with van der Waals surface area (Å²) in [5.41, 5.74) is 0.568. The van der Waals surface area contributed by atoms with Crippen molar-refractivity contribution < 1.29 is 4.79 Å². The molecule has 0 unspecified atom stereocenters. The summed E-state index contributed by atoms with van der Waals surface area (Å²) in [4.78, 5) is 14.0. The summed E-state index contributed by atoms with van der Waals surface area (Å²) in [6.45, 7) is 11.8. The first kappa shape index (κ1) is 16.8. The van der Waals surface area contributed by atoms with Crippen LogP contribution in [0.15, 0.2) is 0 Å². The van der Waals surface area contributed by atoms with Crippen molar-refractivity contribution in [2.45, 2.75) is 72.3 Å². The van der Waals surface area contributed by atoms with Gasteiger partial charge in [-0.3, -0.25) is 4.79 Å². The second kappa shape index (κ2) is 7.13. The highest BCUT2D eigenvalue weighted by Crippen LogP contribution is 2.37. The number of hydrogen-bond donors (Lipinski definition) is 1. The van der Waals surface area contributed by atoms with Gasteiger partial charge >= 0.3 is 0 Å². The van der Waals surface area contributed by atoms with Gasteiger partial charge in [-0.05, 0) is 56.4 Å². The van der Waals surface area contributed by atoms with Gasteiger partial charge in [-0.1, -0.05) is 27.7 Å². The van der Waals surface area contributed by atoms with E-state index in [1.807, 2.05) is 18.7 Å². The van der Waals surface area contributed by atoms with Crippen LogP contribution < -0.4 is 5.32 Å². The van der Waals surface area contributed by atoms with Gasteiger partial charge in [0.1, 0.15) is 0 Å². The fourth-order valence-corrected chi connectivity index (χ4v) is 3.67. The largest absolute Gasteiger partial charge is 0.342 e. The summed E-state index contributed by atoms with van der Waals surface area (Å²) in [5, 5.41) is 3.77. The maximum Gasteiger partial charge on any atom is 0.225 e. The minimum Gasteiger partial charge on any atom is -0.342 e. The number of nitrogens with one attached hydrogen (secondary N) is 1. The quantitative estimate of drug-likeness (QED) is 0.861. The molecule has 1 amide bonds. The van der Waals surface area contributed by atoms with Crippen molar-refractivity contribution in [3.8, 4) is 0 Å². The molecule has 0 atom stereocenters. The zero-order chi connectivity index (χ0) is 15.5. The van der Waals surface area contributed by atoms with Crippen LogP contribution in [0.1, 0.15) is 66.2 Å². The molecule has 1 N–H and O–H groups in total. The molecule has 0 bridgehead atoms. The van der Waals surface area contributed by atoms with Crippen molar-refractivity contribution in [2.75, 3.05) is 19.6 Å². The van der Waals surface area contributed by atoms with E-state index < -0.39 is 0 Å². The zero-order valence-corrected chi connectivity index (χ0v) is 14.5. The Hall–Kier alpha value is -0.570. The Morgan fingerprint density at radius 3 is 2.24 bits per heavy atom. The van der Waals surface area contributed by atoms with Crippen molar-refractivity contribution >= 4 is 5.91 Å². The fourth-order valence-electron chi connectivity index (χ4n) is 3.67. The van der Waals surface area contributed by atoms with E-state index >= 15 is 0 Å². The van der Waals surface area contributed by atoms with Gasteiger partial charge in [0.2, 0.25) is 5.91 Å². The van der Waals surface area contributed by atoms with Gasteiger partial charge in [0.25, 0.3) is 0 Å². The van der Waals surface area contributed by atoms with Crippen LogP contribution in [0.3, 0.4) is 0 Å². The molecule has 122 valence electrons. The van der Waals surface area contributed by atoms with Crippen LogP contribution in [0.5, 0.6) is 0 Å². The predicted octanol–water partition coefficient (Wildman–Crippen LogP) is 3.44. The average molecular weight is 294 g/mol. The van der Waals surface area contributed by atoms with Gasteiger partial charge in [-0.25, -0.2) is 0 Å². The number of amides is 1. The smallest absolute Gasteiger partial charge is 0.225 e. The summed E-state index contributed by atoms with van der Waals surface area (Å²) in [6, 6.07) is 0.621. The first-order chi connectivity index (χ1) is 9.87. The molecule has 2 fully saturated rings. The molecule has 2 aliphatic rings. The van der Waals surface area contributed by atoms with E-state index in [-0.39, 0.29) is 5.92 Å². The zero-order valence-electron chi connectivity index (χ0n) is 14.5. The minimum absolute atomic E-state index is 0.139. The van der Waals surface area contributed by atoms with Gasteiger partial charge in [-0.15, -0.1) is 0 Å². The Morgan fingerprint density at radius 2 is 1.71 bits per heavy atom. The molecule has 3 heteroatoms. The first-order valence-corrected chi connectivity index (χ1v) is 8.89. The maximum absolute atomic E-state index is 12.0. The van der Waals surface area contributed by atoms with Gasteiger partial charge in [0, 0.05) is 25.0 Å². The minimum atomic E-state index is 0.139. The lowest BCUT2D eigenvalue weighted by molar-refractivity contribution is -0.135. The number of hydrogen-bond acceptors (Lipinski definition) is 2. The standard InChI is InChI=1S/C18H34N2O/c1-14(2)17(21)20-11-7-16(8-12-20)19-13-15-5-9-18(3,4)10-6-15/h14-16,19H,5-13H2,1-4H3. The van der Waals surface area contributed by atoms with Crippen LogP contribution >= 0.6 is 0 Å². The van der Waals surface area contributed by atoms with E-state index in [0.717, 1.165) is 31.8 Å². The van der Waals surface area contributed by atoms with Crippen LogP contribution in [0, 0.1) is 17.3 Å². The van der Waals surface area contributed by atoms with E-state index in [9.17, 15) is 4.79 Å². The first-order valence-electron chi connectivity index (χ1n) is 8.89. The number of likely N-dealkylation sites (tertiary alicyclic amines) is 1. The van der Waals surface area contributed by atoms with Gasteiger partial charge in [0.05, 0.1) is 0 Å². The molecular formula is C18H34N2O. The molecule has 3 nitrogen and oxygen atoms in total. The molecule has 21 heavy (non-hydrogen) atoms. The molecule has 1 aliphatic carbocycles. The summed E-state index contributed by atoms with van der Waals surface area (Å²) in [5.74, 6) is 1.33. The van der Waals surface area contributed by atoms with Crippen molar-refractivity contribution in [1.29, 1.82) is 0 Å². The molecule has 0 radical (unpaired) electrons. The average Bonchev–Trinajstić information content (AvgIpc) is 2.46. The molecule has 1 heterocycles. The molecule has 1 aliphatic heterocycles. The van der Waals surface area contributed by atoms with Gasteiger partial charge < -0.3 is 10.2 Å². The normalized spacial score (nSPS) is 24.5. The third-order valence-corrected chi connectivity index (χ3v) is 5.45. The Labute approximate surface area is 130 Å². The number of carbonyl (C=O) groups is 1. The number of rotatable bonds is 4. The van der Waals surface area contributed by atoms with Gasteiger partial charge in [-0.2, -0.15) is 0 Å². The van der Waals surface area contributed by atoms with Crippen LogP contribution in [-0.4, -0.2) is 36.5 Å².